The van der Waals surface area contributed by atoms with E-state index in [1.54, 1.807) is 0 Å². The van der Waals surface area contributed by atoms with Crippen LogP contribution in [0.1, 0.15) is 5.76 Å². The summed E-state index contributed by atoms with van der Waals surface area (Å²) in [6.45, 7) is 0. The van der Waals surface area contributed by atoms with Crippen LogP contribution in [0.15, 0.2) is 16.8 Å². The fourth-order valence-corrected chi connectivity index (χ4v) is 0.460. The summed E-state index contributed by atoms with van der Waals surface area (Å²) in [6, 6.07) is 1.01. The average Bonchev–Trinajstić information content (AvgIpc) is 2.08. The fraction of sp³-hybridized carbons (Fsp3) is 0.250. The van der Waals surface area contributed by atoms with Crippen molar-refractivity contribution in [1.82, 2.24) is 5.16 Å². The summed E-state index contributed by atoms with van der Waals surface area (Å²) >= 11 is 4.53. The SMILES string of the molecule is FC(F)(Cl)c1ccno1. The fourth-order valence-electron chi connectivity index (χ4n) is 0.362. The van der Waals surface area contributed by atoms with Gasteiger partial charge in [-0.05, 0) is 11.6 Å². The van der Waals surface area contributed by atoms with Crippen LogP contribution in [0, 0.1) is 0 Å². The topological polar surface area (TPSA) is 26.0 Å². The molecule has 1 aromatic rings. The number of aromatic nitrogens is 1. The first-order valence-electron chi connectivity index (χ1n) is 2.08. The molecule has 1 rings (SSSR count). The molecule has 1 heterocycles. The van der Waals surface area contributed by atoms with Gasteiger partial charge in [0, 0.05) is 6.07 Å². The normalized spacial score (nSPS) is 11.9. The summed E-state index contributed by atoms with van der Waals surface area (Å²) in [5.41, 5.74) is 0. The number of alkyl halides is 3. The molecule has 0 aliphatic heterocycles. The van der Waals surface area contributed by atoms with Gasteiger partial charge in [0.25, 0.3) is 0 Å². The van der Waals surface area contributed by atoms with Crippen LogP contribution < -0.4 is 0 Å². The lowest BCUT2D eigenvalue weighted by Gasteiger charge is -1.98. The van der Waals surface area contributed by atoms with Gasteiger partial charge in [0.05, 0.1) is 6.20 Å². The summed E-state index contributed by atoms with van der Waals surface area (Å²) < 4.78 is 27.9. The van der Waals surface area contributed by atoms with E-state index in [0.717, 1.165) is 12.3 Å². The Morgan fingerprint density at radius 2 is 2.33 bits per heavy atom. The van der Waals surface area contributed by atoms with Crippen LogP contribution in [0.5, 0.6) is 0 Å². The summed E-state index contributed by atoms with van der Waals surface area (Å²) in [5, 5.41) is -0.385. The Hall–Kier alpha value is -0.640. The van der Waals surface area contributed by atoms with Crippen LogP contribution in [-0.2, 0) is 5.38 Å². The number of nitrogens with zero attached hydrogens (tertiary/aromatic N) is 1. The molecular formula is C4H2ClF2NO. The van der Waals surface area contributed by atoms with Crippen molar-refractivity contribution in [3.8, 4) is 0 Å². The summed E-state index contributed by atoms with van der Waals surface area (Å²) in [7, 11) is 0. The Bertz CT molecular complexity index is 181. The van der Waals surface area contributed by atoms with Gasteiger partial charge in [0.15, 0.2) is 0 Å². The number of halogens is 3. The van der Waals surface area contributed by atoms with Crippen LogP contribution >= 0.6 is 11.6 Å². The van der Waals surface area contributed by atoms with E-state index in [1.165, 1.54) is 0 Å². The zero-order valence-corrected chi connectivity index (χ0v) is 4.90. The Labute approximate surface area is 54.4 Å². The molecule has 5 heteroatoms. The third kappa shape index (κ3) is 1.38. The maximum atomic E-state index is 11.9. The van der Waals surface area contributed by atoms with Gasteiger partial charge in [-0.1, -0.05) is 5.16 Å². The van der Waals surface area contributed by atoms with Gasteiger partial charge in [-0.3, -0.25) is 0 Å². The molecule has 0 unspecified atom stereocenters. The Kier molecular flexibility index (Phi) is 1.40. The molecule has 0 saturated heterocycles. The van der Waals surface area contributed by atoms with E-state index in [4.69, 9.17) is 0 Å². The molecule has 0 aliphatic carbocycles. The molecule has 0 atom stereocenters. The molecule has 2 nitrogen and oxygen atoms in total. The van der Waals surface area contributed by atoms with Crippen molar-refractivity contribution < 1.29 is 13.3 Å². The van der Waals surface area contributed by atoms with Gasteiger partial charge < -0.3 is 4.52 Å². The monoisotopic (exact) mass is 153 g/mol. The quantitative estimate of drug-likeness (QED) is 0.577. The van der Waals surface area contributed by atoms with Crippen LogP contribution in [0.3, 0.4) is 0 Å². The minimum absolute atomic E-state index is 0.635. The summed E-state index contributed by atoms with van der Waals surface area (Å²) in [5.74, 6) is -0.635. The van der Waals surface area contributed by atoms with Gasteiger partial charge in [0.2, 0.25) is 5.76 Å². The lowest BCUT2D eigenvalue weighted by atomic mass is 10.5. The van der Waals surface area contributed by atoms with Gasteiger partial charge in [-0.2, -0.15) is 8.78 Å². The molecular weight excluding hydrogens is 151 g/mol. The maximum absolute atomic E-state index is 11.9. The Morgan fingerprint density at radius 3 is 2.56 bits per heavy atom. The van der Waals surface area contributed by atoms with Gasteiger partial charge in [-0.25, -0.2) is 0 Å². The highest BCUT2D eigenvalue weighted by atomic mass is 35.5. The summed E-state index contributed by atoms with van der Waals surface area (Å²) in [4.78, 5) is 0. The Balaban J connectivity index is 2.90. The first kappa shape index (κ1) is 6.48. The standard InChI is InChI=1S/C4H2ClF2NO/c5-4(6,7)3-1-2-8-9-3/h1-2H. The zero-order chi connectivity index (χ0) is 6.91. The van der Waals surface area contributed by atoms with Crippen molar-refractivity contribution >= 4 is 11.6 Å². The van der Waals surface area contributed by atoms with Gasteiger partial charge in [0.1, 0.15) is 0 Å². The first-order valence-corrected chi connectivity index (χ1v) is 2.46. The van der Waals surface area contributed by atoms with Crippen molar-refractivity contribution in [2.75, 3.05) is 0 Å². The van der Waals surface area contributed by atoms with Gasteiger partial charge >= 0.3 is 5.38 Å². The molecule has 0 aliphatic rings. The van der Waals surface area contributed by atoms with Gasteiger partial charge in [-0.15, -0.1) is 0 Å². The molecule has 0 N–H and O–H groups in total. The maximum Gasteiger partial charge on any atom is 0.382 e. The van der Waals surface area contributed by atoms with Crippen LogP contribution in [-0.4, -0.2) is 5.16 Å². The molecule has 50 valence electrons. The number of hydrogen-bond donors (Lipinski definition) is 0. The highest BCUT2D eigenvalue weighted by Crippen LogP contribution is 2.31. The molecule has 1 aromatic heterocycles. The molecule has 0 spiro atoms. The van der Waals surface area contributed by atoms with Crippen LogP contribution in [0.2, 0.25) is 0 Å². The van der Waals surface area contributed by atoms with E-state index in [-0.39, 0.29) is 0 Å². The second-order valence-electron chi connectivity index (χ2n) is 1.37. The lowest BCUT2D eigenvalue weighted by molar-refractivity contribution is 0.0609. The third-order valence-electron chi connectivity index (χ3n) is 0.717. The van der Waals surface area contributed by atoms with Crippen LogP contribution in [0.25, 0.3) is 0 Å². The molecule has 0 aromatic carbocycles. The van der Waals surface area contributed by atoms with E-state index < -0.39 is 11.1 Å². The predicted octanol–water partition coefficient (Wildman–Crippen LogP) is 1.96. The highest BCUT2D eigenvalue weighted by Gasteiger charge is 2.31. The predicted molar refractivity (Wildman–Crippen MR) is 26.2 cm³/mol. The Morgan fingerprint density at radius 1 is 1.67 bits per heavy atom. The first-order chi connectivity index (χ1) is 4.11. The molecule has 0 radical (unpaired) electrons. The second kappa shape index (κ2) is 1.95. The van der Waals surface area contributed by atoms with Crippen LogP contribution in [0.4, 0.5) is 8.78 Å². The van der Waals surface area contributed by atoms with Crippen molar-refractivity contribution in [1.29, 1.82) is 0 Å². The molecule has 0 bridgehead atoms. The van der Waals surface area contributed by atoms with E-state index >= 15 is 0 Å². The van der Waals surface area contributed by atoms with Crippen molar-refractivity contribution in [3.05, 3.63) is 18.0 Å². The van der Waals surface area contributed by atoms with Crippen molar-refractivity contribution in [3.63, 3.8) is 0 Å². The largest absolute Gasteiger partial charge is 0.382 e. The van der Waals surface area contributed by atoms with E-state index in [1.807, 2.05) is 0 Å². The molecule has 0 saturated carbocycles. The van der Waals surface area contributed by atoms with Crippen molar-refractivity contribution in [2.45, 2.75) is 5.38 Å². The third-order valence-corrected chi connectivity index (χ3v) is 0.903. The molecule has 0 fully saturated rings. The summed E-state index contributed by atoms with van der Waals surface area (Å²) in [6.07, 6.45) is 1.10. The molecule has 9 heavy (non-hydrogen) atoms. The minimum atomic E-state index is -3.43. The highest BCUT2D eigenvalue weighted by molar-refractivity contribution is 6.21. The lowest BCUT2D eigenvalue weighted by Crippen LogP contribution is -1.99. The second-order valence-corrected chi connectivity index (χ2v) is 1.85. The molecule has 0 amide bonds. The number of hydrogen-bond acceptors (Lipinski definition) is 2. The smallest absolute Gasteiger partial charge is 0.353 e. The minimum Gasteiger partial charge on any atom is -0.353 e. The van der Waals surface area contributed by atoms with E-state index in [0.29, 0.717) is 0 Å². The van der Waals surface area contributed by atoms with E-state index in [9.17, 15) is 8.78 Å². The average molecular weight is 154 g/mol. The zero-order valence-electron chi connectivity index (χ0n) is 4.14. The van der Waals surface area contributed by atoms with E-state index in [2.05, 4.69) is 21.3 Å². The van der Waals surface area contributed by atoms with Crippen molar-refractivity contribution in [2.24, 2.45) is 0 Å². The number of rotatable bonds is 1.